The predicted octanol–water partition coefficient (Wildman–Crippen LogP) is 11.2. The van der Waals surface area contributed by atoms with Crippen LogP contribution in [0.5, 0.6) is 11.5 Å². The van der Waals surface area contributed by atoms with Gasteiger partial charge in [0, 0.05) is 23.1 Å². The number of nitrogens with one attached hydrogen (secondary N) is 1. The number of nitriles is 1. The SMILES string of the molecule is [C-]#[N+]C(C#N)c1c(NCOc2ccccc2)ccc2c(N3C(=O)C3(CCCCCC)Oc3ccc(C(C)(C)CC)cc3C(C)(C)CC)cccc12. The molecule has 1 saturated heterocycles. The molecule has 7 nitrogen and oxygen atoms in total. The van der Waals surface area contributed by atoms with Crippen molar-refractivity contribution >= 4 is 28.1 Å². The first-order chi connectivity index (χ1) is 24.5. The van der Waals surface area contributed by atoms with Crippen molar-refractivity contribution in [1.82, 2.24) is 0 Å². The number of nitrogens with zero attached hydrogens (tertiary/aromatic N) is 3. The number of carbonyl (C=O) groups is 1. The summed E-state index contributed by atoms with van der Waals surface area (Å²) >= 11 is 0. The molecule has 0 aromatic heterocycles. The van der Waals surface area contributed by atoms with Crippen molar-refractivity contribution in [3.05, 3.63) is 107 Å². The Morgan fingerprint density at radius 2 is 1.65 bits per heavy atom. The van der Waals surface area contributed by atoms with E-state index in [1.807, 2.05) is 60.7 Å². The average Bonchev–Trinajstić information content (AvgIpc) is 3.71. The Labute approximate surface area is 304 Å². The minimum atomic E-state index is -1.16. The van der Waals surface area contributed by atoms with Crippen molar-refractivity contribution < 1.29 is 14.3 Å². The van der Waals surface area contributed by atoms with Gasteiger partial charge in [0.1, 0.15) is 11.5 Å². The monoisotopic (exact) mass is 684 g/mol. The summed E-state index contributed by atoms with van der Waals surface area (Å²) in [7, 11) is 0. The number of ether oxygens (including phenoxy) is 2. The summed E-state index contributed by atoms with van der Waals surface area (Å²) in [5, 5.41) is 14.9. The van der Waals surface area contributed by atoms with Crippen LogP contribution in [0.2, 0.25) is 0 Å². The normalized spacial score (nSPS) is 16.3. The Morgan fingerprint density at radius 1 is 0.902 bits per heavy atom. The molecule has 0 radical (unpaired) electrons. The molecule has 1 heterocycles. The van der Waals surface area contributed by atoms with Crippen molar-refractivity contribution in [3.63, 3.8) is 0 Å². The fourth-order valence-electron chi connectivity index (χ4n) is 6.73. The van der Waals surface area contributed by atoms with E-state index in [-0.39, 0.29) is 23.5 Å². The van der Waals surface area contributed by atoms with Crippen LogP contribution in [0.3, 0.4) is 0 Å². The molecule has 1 aliphatic heterocycles. The molecule has 0 bridgehead atoms. The molecule has 2 unspecified atom stereocenters. The zero-order valence-electron chi connectivity index (χ0n) is 31.3. The van der Waals surface area contributed by atoms with Gasteiger partial charge >= 0.3 is 6.04 Å². The summed E-state index contributed by atoms with van der Waals surface area (Å²) in [6.07, 6.45) is 6.52. The fraction of sp³-hybridized carbons (Fsp3) is 0.432. The van der Waals surface area contributed by atoms with Gasteiger partial charge in [0.25, 0.3) is 11.6 Å². The summed E-state index contributed by atoms with van der Waals surface area (Å²) in [5.74, 6) is 1.38. The standard InChI is InChI=1S/C44H52N4O3/c1-9-12-13-17-27-44(51-39-26-23-31(42(4,5)10-2)28-35(39)43(6,7)11-3)41(49)48(44)38-22-18-21-34-33(38)24-25-36(40(34)37(29-45)46-8)47-30-50-32-19-15-14-16-20-32/h14-16,18-26,28,37,47H,9-13,17,27,30H2,1-7H3. The minimum absolute atomic E-state index is 0.00500. The Bertz CT molecular complexity index is 1920. The lowest BCUT2D eigenvalue weighted by Gasteiger charge is -2.31. The molecule has 4 aromatic rings. The van der Waals surface area contributed by atoms with Crippen LogP contribution >= 0.6 is 0 Å². The van der Waals surface area contributed by atoms with Gasteiger partial charge in [-0.15, -0.1) is 0 Å². The first-order valence-electron chi connectivity index (χ1n) is 18.4. The molecule has 0 aliphatic carbocycles. The number of fused-ring (bicyclic) bond motifs is 1. The van der Waals surface area contributed by atoms with E-state index in [9.17, 15) is 10.1 Å². The highest BCUT2D eigenvalue weighted by molar-refractivity contribution is 6.22. The number of carbonyl (C=O) groups excluding carboxylic acids is 1. The van der Waals surface area contributed by atoms with E-state index in [4.69, 9.17) is 16.0 Å². The Hall–Kier alpha value is -5.01. The lowest BCUT2D eigenvalue weighted by molar-refractivity contribution is -0.115. The van der Waals surface area contributed by atoms with Gasteiger partial charge in [-0.2, -0.15) is 5.26 Å². The Kier molecular flexibility index (Phi) is 11.3. The molecule has 266 valence electrons. The molecular formula is C44H52N4O3. The number of benzene rings is 4. The molecule has 7 heteroatoms. The van der Waals surface area contributed by atoms with Crippen molar-refractivity contribution in [2.45, 2.75) is 116 Å². The second-order valence-electron chi connectivity index (χ2n) is 14.9. The minimum Gasteiger partial charge on any atom is -0.473 e. The summed E-state index contributed by atoms with van der Waals surface area (Å²) in [4.78, 5) is 19.8. The fourth-order valence-corrected chi connectivity index (χ4v) is 6.73. The first-order valence-corrected chi connectivity index (χ1v) is 18.4. The van der Waals surface area contributed by atoms with Gasteiger partial charge in [-0.05, 0) is 71.4 Å². The van der Waals surface area contributed by atoms with Gasteiger partial charge in [-0.1, -0.05) is 116 Å². The molecule has 1 N–H and O–H groups in total. The summed E-state index contributed by atoms with van der Waals surface area (Å²) in [6, 6.07) is 26.7. The zero-order chi connectivity index (χ0) is 36.8. The van der Waals surface area contributed by atoms with Gasteiger partial charge in [-0.3, -0.25) is 14.5 Å². The van der Waals surface area contributed by atoms with E-state index in [2.05, 4.69) is 82.9 Å². The number of unbranched alkanes of at least 4 members (excludes halogenated alkanes) is 3. The average molecular weight is 685 g/mol. The smallest absolute Gasteiger partial charge is 0.334 e. The maximum Gasteiger partial charge on any atom is 0.334 e. The van der Waals surface area contributed by atoms with Crippen LogP contribution in [-0.4, -0.2) is 18.4 Å². The third kappa shape index (κ3) is 7.54. The van der Waals surface area contributed by atoms with Crippen molar-refractivity contribution in [1.29, 1.82) is 5.26 Å². The first kappa shape index (κ1) is 37.3. The van der Waals surface area contributed by atoms with Crippen molar-refractivity contribution in [2.24, 2.45) is 0 Å². The molecular weight excluding hydrogens is 633 g/mol. The van der Waals surface area contributed by atoms with Crippen LogP contribution in [0.1, 0.15) is 116 Å². The molecule has 2 atom stereocenters. The lowest BCUT2D eigenvalue weighted by Crippen LogP contribution is -2.29. The summed E-state index contributed by atoms with van der Waals surface area (Å²) in [5.41, 5.74) is 2.96. The molecule has 1 amide bonds. The van der Waals surface area contributed by atoms with E-state index < -0.39 is 11.8 Å². The Balaban J connectivity index is 1.58. The Morgan fingerprint density at radius 3 is 2.31 bits per heavy atom. The number of anilines is 2. The van der Waals surface area contributed by atoms with Gasteiger partial charge in [0.05, 0.1) is 11.3 Å². The van der Waals surface area contributed by atoms with E-state index >= 15 is 0 Å². The topological polar surface area (TPSA) is 78.7 Å². The zero-order valence-corrected chi connectivity index (χ0v) is 31.3. The molecule has 51 heavy (non-hydrogen) atoms. The van der Waals surface area contributed by atoms with E-state index in [1.54, 1.807) is 4.90 Å². The maximum absolute atomic E-state index is 14.3. The van der Waals surface area contributed by atoms with Gasteiger partial charge in [0.15, 0.2) is 12.8 Å². The van der Waals surface area contributed by atoms with E-state index in [0.29, 0.717) is 29.1 Å². The van der Waals surface area contributed by atoms with Crippen LogP contribution in [-0.2, 0) is 15.6 Å². The highest BCUT2D eigenvalue weighted by Crippen LogP contribution is 2.50. The van der Waals surface area contributed by atoms with Gasteiger partial charge in [0.2, 0.25) is 0 Å². The number of amides is 1. The number of hydrogen-bond acceptors (Lipinski definition) is 5. The number of para-hydroxylation sites is 1. The van der Waals surface area contributed by atoms with Crippen LogP contribution in [0.4, 0.5) is 11.4 Å². The number of hydrogen-bond donors (Lipinski definition) is 1. The highest BCUT2D eigenvalue weighted by Gasteiger charge is 2.66. The van der Waals surface area contributed by atoms with Crippen LogP contribution in [0.15, 0.2) is 78.9 Å². The third-order valence-electron chi connectivity index (χ3n) is 10.8. The van der Waals surface area contributed by atoms with Crippen LogP contribution in [0, 0.1) is 17.9 Å². The molecule has 0 spiro atoms. The highest BCUT2D eigenvalue weighted by atomic mass is 16.5. The molecule has 0 saturated carbocycles. The third-order valence-corrected chi connectivity index (χ3v) is 10.8. The predicted molar refractivity (Wildman–Crippen MR) is 207 cm³/mol. The summed E-state index contributed by atoms with van der Waals surface area (Å²) in [6.45, 7) is 23.6. The maximum atomic E-state index is 14.3. The van der Waals surface area contributed by atoms with Crippen LogP contribution in [0.25, 0.3) is 15.6 Å². The molecule has 4 aromatic carbocycles. The molecule has 1 fully saturated rings. The van der Waals surface area contributed by atoms with Gasteiger partial charge < -0.3 is 14.8 Å². The van der Waals surface area contributed by atoms with Crippen molar-refractivity contribution in [2.75, 3.05) is 16.9 Å². The molecule has 5 rings (SSSR count). The van der Waals surface area contributed by atoms with Gasteiger partial charge in [-0.25, -0.2) is 6.57 Å². The lowest BCUT2D eigenvalue weighted by atomic mass is 9.76. The summed E-state index contributed by atoms with van der Waals surface area (Å²) < 4.78 is 12.9. The number of rotatable bonds is 17. The second-order valence-corrected chi connectivity index (χ2v) is 14.9. The largest absolute Gasteiger partial charge is 0.473 e. The quantitative estimate of drug-likeness (QED) is 0.0518. The second kappa shape index (κ2) is 15.5. The van der Waals surface area contributed by atoms with E-state index in [0.717, 1.165) is 60.6 Å². The van der Waals surface area contributed by atoms with Crippen LogP contribution < -0.4 is 19.7 Å². The van der Waals surface area contributed by atoms with Crippen molar-refractivity contribution in [3.8, 4) is 17.6 Å². The molecule has 1 aliphatic rings. The van der Waals surface area contributed by atoms with E-state index in [1.165, 1.54) is 5.56 Å².